The summed E-state index contributed by atoms with van der Waals surface area (Å²) in [7, 11) is 0. The van der Waals surface area contributed by atoms with Crippen LogP contribution in [0.5, 0.6) is 0 Å². The third-order valence-electron chi connectivity index (χ3n) is 2.17. The van der Waals surface area contributed by atoms with Crippen LogP contribution in [-0.4, -0.2) is 16.7 Å². The molecule has 0 atom stereocenters. The summed E-state index contributed by atoms with van der Waals surface area (Å²) in [6.45, 7) is 4.03. The van der Waals surface area contributed by atoms with E-state index in [1.165, 1.54) is 0 Å². The van der Waals surface area contributed by atoms with Gasteiger partial charge in [-0.1, -0.05) is 0 Å². The molecule has 0 bridgehead atoms. The second-order valence-electron chi connectivity index (χ2n) is 3.64. The standard InChI is InChI=1S/C7H15NO/c1-7(2,8)5-3-6(9)4-5/h5-6,9H,3-4,8H2,1-2H3. The summed E-state index contributed by atoms with van der Waals surface area (Å²) in [4.78, 5) is 0. The van der Waals surface area contributed by atoms with Gasteiger partial charge in [0.2, 0.25) is 0 Å². The Morgan fingerprint density at radius 3 is 2.00 bits per heavy atom. The van der Waals surface area contributed by atoms with Crippen LogP contribution in [0.1, 0.15) is 26.7 Å². The molecule has 0 aliphatic heterocycles. The molecule has 0 saturated heterocycles. The van der Waals surface area contributed by atoms with Crippen molar-refractivity contribution in [2.24, 2.45) is 11.7 Å². The predicted octanol–water partition coefficient (Wildman–Crippen LogP) is 0.495. The van der Waals surface area contributed by atoms with E-state index < -0.39 is 0 Å². The first kappa shape index (κ1) is 7.03. The Hall–Kier alpha value is -0.0800. The molecule has 3 N–H and O–H groups in total. The predicted molar refractivity (Wildman–Crippen MR) is 37.0 cm³/mol. The molecular formula is C7H15NO. The van der Waals surface area contributed by atoms with Crippen molar-refractivity contribution in [1.82, 2.24) is 0 Å². The van der Waals surface area contributed by atoms with Gasteiger partial charge in [0.25, 0.3) is 0 Å². The van der Waals surface area contributed by atoms with E-state index in [4.69, 9.17) is 10.8 Å². The van der Waals surface area contributed by atoms with Crippen molar-refractivity contribution in [3.8, 4) is 0 Å². The fourth-order valence-electron chi connectivity index (χ4n) is 1.20. The van der Waals surface area contributed by atoms with Gasteiger partial charge in [-0.2, -0.15) is 0 Å². The molecule has 0 unspecified atom stereocenters. The molecule has 0 radical (unpaired) electrons. The van der Waals surface area contributed by atoms with Crippen molar-refractivity contribution >= 4 is 0 Å². The molecule has 1 aliphatic carbocycles. The Balaban J connectivity index is 2.32. The molecule has 1 saturated carbocycles. The topological polar surface area (TPSA) is 46.2 Å². The van der Waals surface area contributed by atoms with Crippen LogP contribution < -0.4 is 5.73 Å². The van der Waals surface area contributed by atoms with Gasteiger partial charge in [-0.05, 0) is 32.6 Å². The van der Waals surface area contributed by atoms with Crippen LogP contribution in [0.2, 0.25) is 0 Å². The maximum atomic E-state index is 8.93. The average molecular weight is 129 g/mol. The molecule has 0 amide bonds. The fraction of sp³-hybridized carbons (Fsp3) is 1.00. The zero-order valence-electron chi connectivity index (χ0n) is 6.09. The molecule has 0 heterocycles. The highest BCUT2D eigenvalue weighted by molar-refractivity contribution is 4.92. The molecule has 0 aromatic carbocycles. The van der Waals surface area contributed by atoms with Gasteiger partial charge < -0.3 is 10.8 Å². The zero-order valence-corrected chi connectivity index (χ0v) is 6.09. The Morgan fingerprint density at radius 1 is 1.44 bits per heavy atom. The summed E-state index contributed by atoms with van der Waals surface area (Å²) >= 11 is 0. The highest BCUT2D eigenvalue weighted by Crippen LogP contribution is 2.34. The lowest BCUT2D eigenvalue weighted by molar-refractivity contribution is 0.0126. The molecule has 1 aliphatic rings. The molecule has 2 heteroatoms. The lowest BCUT2D eigenvalue weighted by atomic mass is 9.71. The molecule has 1 fully saturated rings. The first-order valence-electron chi connectivity index (χ1n) is 3.47. The van der Waals surface area contributed by atoms with Gasteiger partial charge in [0, 0.05) is 5.54 Å². The lowest BCUT2D eigenvalue weighted by Crippen LogP contribution is -2.49. The van der Waals surface area contributed by atoms with Crippen molar-refractivity contribution in [3.63, 3.8) is 0 Å². The van der Waals surface area contributed by atoms with Crippen LogP contribution in [0.4, 0.5) is 0 Å². The van der Waals surface area contributed by atoms with E-state index in [0.717, 1.165) is 12.8 Å². The van der Waals surface area contributed by atoms with E-state index in [1.807, 2.05) is 13.8 Å². The Labute approximate surface area is 56.1 Å². The van der Waals surface area contributed by atoms with Crippen molar-refractivity contribution in [2.75, 3.05) is 0 Å². The third kappa shape index (κ3) is 1.43. The van der Waals surface area contributed by atoms with Crippen LogP contribution in [0.15, 0.2) is 0 Å². The van der Waals surface area contributed by atoms with Gasteiger partial charge in [-0.25, -0.2) is 0 Å². The normalized spacial score (nSPS) is 36.0. The van der Waals surface area contributed by atoms with E-state index in [9.17, 15) is 0 Å². The molecule has 0 aromatic heterocycles. The second kappa shape index (κ2) is 1.96. The van der Waals surface area contributed by atoms with Crippen molar-refractivity contribution in [3.05, 3.63) is 0 Å². The van der Waals surface area contributed by atoms with Crippen molar-refractivity contribution < 1.29 is 5.11 Å². The maximum absolute atomic E-state index is 8.93. The van der Waals surface area contributed by atoms with E-state index in [-0.39, 0.29) is 11.6 Å². The third-order valence-corrected chi connectivity index (χ3v) is 2.17. The van der Waals surface area contributed by atoms with Gasteiger partial charge in [-0.15, -0.1) is 0 Å². The minimum absolute atomic E-state index is 0.0715. The van der Waals surface area contributed by atoms with Crippen LogP contribution in [0, 0.1) is 5.92 Å². The molecule has 1 rings (SSSR count). The SMILES string of the molecule is CC(C)(N)C1CC(O)C1. The number of nitrogens with two attached hydrogens (primary N) is 1. The van der Waals surface area contributed by atoms with E-state index in [0.29, 0.717) is 5.92 Å². The summed E-state index contributed by atoms with van der Waals surface area (Å²) in [6, 6.07) is 0. The van der Waals surface area contributed by atoms with Crippen molar-refractivity contribution in [2.45, 2.75) is 38.3 Å². The largest absolute Gasteiger partial charge is 0.393 e. The number of aliphatic hydroxyl groups is 1. The number of rotatable bonds is 1. The van der Waals surface area contributed by atoms with Gasteiger partial charge in [0.1, 0.15) is 0 Å². The van der Waals surface area contributed by atoms with Gasteiger partial charge >= 0.3 is 0 Å². The smallest absolute Gasteiger partial charge is 0.0547 e. The average Bonchev–Trinajstić information content (AvgIpc) is 1.55. The quantitative estimate of drug-likeness (QED) is 0.541. The van der Waals surface area contributed by atoms with Crippen LogP contribution in [0.25, 0.3) is 0 Å². The van der Waals surface area contributed by atoms with Crippen LogP contribution >= 0.6 is 0 Å². The number of hydrogen-bond donors (Lipinski definition) is 2. The molecule has 0 spiro atoms. The molecule has 9 heavy (non-hydrogen) atoms. The Morgan fingerprint density at radius 2 is 1.89 bits per heavy atom. The summed E-state index contributed by atoms with van der Waals surface area (Å²) in [5.41, 5.74) is 5.71. The summed E-state index contributed by atoms with van der Waals surface area (Å²) in [5, 5.41) is 8.93. The summed E-state index contributed by atoms with van der Waals surface area (Å²) in [5.74, 6) is 0.535. The highest BCUT2D eigenvalue weighted by Gasteiger charge is 2.36. The Bertz CT molecular complexity index is 100.0. The summed E-state index contributed by atoms with van der Waals surface area (Å²) < 4.78 is 0. The first-order valence-corrected chi connectivity index (χ1v) is 3.47. The minimum atomic E-state index is -0.0841. The lowest BCUT2D eigenvalue weighted by Gasteiger charge is -2.40. The second-order valence-corrected chi connectivity index (χ2v) is 3.64. The van der Waals surface area contributed by atoms with E-state index in [2.05, 4.69) is 0 Å². The first-order chi connectivity index (χ1) is 4.00. The van der Waals surface area contributed by atoms with Gasteiger partial charge in [0.05, 0.1) is 6.10 Å². The molecule has 54 valence electrons. The van der Waals surface area contributed by atoms with Crippen LogP contribution in [0.3, 0.4) is 0 Å². The fourth-order valence-corrected chi connectivity index (χ4v) is 1.20. The van der Waals surface area contributed by atoms with Crippen LogP contribution in [-0.2, 0) is 0 Å². The molecule has 0 aromatic rings. The molecule has 2 nitrogen and oxygen atoms in total. The maximum Gasteiger partial charge on any atom is 0.0547 e. The monoisotopic (exact) mass is 129 g/mol. The van der Waals surface area contributed by atoms with E-state index in [1.54, 1.807) is 0 Å². The zero-order chi connectivity index (χ0) is 7.07. The summed E-state index contributed by atoms with van der Waals surface area (Å²) in [6.07, 6.45) is 1.71. The number of hydrogen-bond acceptors (Lipinski definition) is 2. The van der Waals surface area contributed by atoms with Gasteiger partial charge in [0.15, 0.2) is 0 Å². The number of aliphatic hydroxyl groups excluding tert-OH is 1. The van der Waals surface area contributed by atoms with Crippen molar-refractivity contribution in [1.29, 1.82) is 0 Å². The molecular weight excluding hydrogens is 114 g/mol. The van der Waals surface area contributed by atoms with E-state index >= 15 is 0 Å². The highest BCUT2D eigenvalue weighted by atomic mass is 16.3. The van der Waals surface area contributed by atoms with Gasteiger partial charge in [-0.3, -0.25) is 0 Å². The minimum Gasteiger partial charge on any atom is -0.393 e. The Kier molecular flexibility index (Phi) is 1.53.